The van der Waals surface area contributed by atoms with Crippen LogP contribution in [0, 0.1) is 0 Å². The third-order valence-corrected chi connectivity index (χ3v) is 4.89. The molecule has 3 aromatic carbocycles. The fourth-order valence-electron chi connectivity index (χ4n) is 3.19. The van der Waals surface area contributed by atoms with Crippen molar-refractivity contribution < 1.29 is 18.9 Å². The minimum Gasteiger partial charge on any atom is -0.457 e. The summed E-state index contributed by atoms with van der Waals surface area (Å²) in [5, 5.41) is 0. The van der Waals surface area contributed by atoms with E-state index in [0.29, 0.717) is 12.2 Å². The van der Waals surface area contributed by atoms with Crippen molar-refractivity contribution in [2.24, 2.45) is 0 Å². The predicted molar refractivity (Wildman–Crippen MR) is 111 cm³/mol. The summed E-state index contributed by atoms with van der Waals surface area (Å²) in [4.78, 5) is 2.33. The summed E-state index contributed by atoms with van der Waals surface area (Å²) in [7, 11) is 0. The summed E-state index contributed by atoms with van der Waals surface area (Å²) in [5.41, 5.74) is 1.16. The Kier molecular flexibility index (Phi) is 5.07. The molecule has 2 aliphatic rings. The van der Waals surface area contributed by atoms with E-state index < -0.39 is 0 Å². The molecule has 2 saturated heterocycles. The van der Waals surface area contributed by atoms with E-state index in [0.717, 1.165) is 55.0 Å². The van der Waals surface area contributed by atoms with Gasteiger partial charge in [-0.05, 0) is 60.7 Å². The van der Waals surface area contributed by atoms with E-state index in [1.807, 2.05) is 66.7 Å². The SMILES string of the molecule is c1ccc(Oc2ccc(Oc3ccc(N(CC4CO4)CC4CO4)cc3)cc2)cc1. The molecular formula is C24H23NO4. The lowest BCUT2D eigenvalue weighted by molar-refractivity contribution is 0.389. The standard InChI is InChI=1S/C24H23NO4/c1-2-4-19(5-3-1)28-21-10-12-22(13-11-21)29-20-8-6-18(7-9-20)25(14-23-16-26-23)15-24-17-27-24/h1-13,23-24H,14-17H2. The summed E-state index contributed by atoms with van der Waals surface area (Å²) in [6, 6.07) is 25.5. The minimum atomic E-state index is 0.348. The maximum absolute atomic E-state index is 5.98. The summed E-state index contributed by atoms with van der Waals surface area (Å²) >= 11 is 0. The van der Waals surface area contributed by atoms with Gasteiger partial charge >= 0.3 is 0 Å². The molecule has 0 amide bonds. The molecule has 3 aromatic rings. The number of para-hydroxylation sites is 1. The molecular weight excluding hydrogens is 366 g/mol. The molecule has 2 fully saturated rings. The van der Waals surface area contributed by atoms with Gasteiger partial charge in [-0.1, -0.05) is 18.2 Å². The highest BCUT2D eigenvalue weighted by molar-refractivity contribution is 5.50. The maximum Gasteiger partial charge on any atom is 0.127 e. The van der Waals surface area contributed by atoms with Crippen LogP contribution >= 0.6 is 0 Å². The van der Waals surface area contributed by atoms with Gasteiger partial charge in [0.25, 0.3) is 0 Å². The van der Waals surface area contributed by atoms with Crippen LogP contribution in [-0.2, 0) is 9.47 Å². The van der Waals surface area contributed by atoms with Crippen molar-refractivity contribution in [3.63, 3.8) is 0 Å². The second kappa shape index (κ2) is 8.15. The van der Waals surface area contributed by atoms with Crippen LogP contribution in [0.15, 0.2) is 78.9 Å². The fraction of sp³-hybridized carbons (Fsp3) is 0.250. The van der Waals surface area contributed by atoms with Crippen molar-refractivity contribution in [1.29, 1.82) is 0 Å². The Bertz CT molecular complexity index is 905. The lowest BCUT2D eigenvalue weighted by Gasteiger charge is -2.23. The zero-order valence-electron chi connectivity index (χ0n) is 16.1. The predicted octanol–water partition coefficient (Wildman–Crippen LogP) is 4.88. The number of benzene rings is 3. The van der Waals surface area contributed by atoms with Crippen LogP contribution < -0.4 is 14.4 Å². The molecule has 0 spiro atoms. The van der Waals surface area contributed by atoms with Gasteiger partial charge in [-0.2, -0.15) is 0 Å². The first-order valence-corrected chi connectivity index (χ1v) is 9.91. The number of hydrogen-bond donors (Lipinski definition) is 0. The van der Waals surface area contributed by atoms with E-state index >= 15 is 0 Å². The highest BCUT2D eigenvalue weighted by atomic mass is 16.6. The van der Waals surface area contributed by atoms with Gasteiger partial charge in [0, 0.05) is 18.8 Å². The van der Waals surface area contributed by atoms with Crippen molar-refractivity contribution >= 4 is 5.69 Å². The van der Waals surface area contributed by atoms with Crippen LogP contribution in [0.1, 0.15) is 0 Å². The Morgan fingerprint density at radius 2 is 1.03 bits per heavy atom. The first-order chi connectivity index (χ1) is 14.3. The third-order valence-electron chi connectivity index (χ3n) is 4.89. The molecule has 5 nitrogen and oxygen atoms in total. The Morgan fingerprint density at radius 3 is 1.48 bits per heavy atom. The number of ether oxygens (including phenoxy) is 4. The first kappa shape index (κ1) is 18.0. The molecule has 148 valence electrons. The summed E-state index contributed by atoms with van der Waals surface area (Å²) < 4.78 is 22.6. The van der Waals surface area contributed by atoms with Gasteiger partial charge in [0.05, 0.1) is 25.4 Å². The van der Waals surface area contributed by atoms with Crippen LogP contribution in [0.5, 0.6) is 23.0 Å². The Morgan fingerprint density at radius 1 is 0.621 bits per heavy atom. The molecule has 0 aliphatic carbocycles. The highest BCUT2D eigenvalue weighted by Crippen LogP contribution is 2.29. The molecule has 2 heterocycles. The lowest BCUT2D eigenvalue weighted by atomic mass is 10.2. The van der Waals surface area contributed by atoms with E-state index in [-0.39, 0.29) is 0 Å². The zero-order valence-corrected chi connectivity index (χ0v) is 16.1. The molecule has 2 unspecified atom stereocenters. The van der Waals surface area contributed by atoms with Crippen molar-refractivity contribution in [2.45, 2.75) is 12.2 Å². The number of rotatable bonds is 9. The van der Waals surface area contributed by atoms with Crippen LogP contribution in [0.25, 0.3) is 0 Å². The summed E-state index contributed by atoms with van der Waals surface area (Å²) in [6.45, 7) is 3.52. The number of anilines is 1. The molecule has 2 atom stereocenters. The van der Waals surface area contributed by atoms with Gasteiger partial charge in [-0.15, -0.1) is 0 Å². The van der Waals surface area contributed by atoms with Gasteiger partial charge in [0.15, 0.2) is 0 Å². The topological polar surface area (TPSA) is 46.8 Å². The zero-order chi connectivity index (χ0) is 19.5. The molecule has 0 aromatic heterocycles. The van der Waals surface area contributed by atoms with E-state index in [2.05, 4.69) is 17.0 Å². The Balaban J connectivity index is 1.21. The molecule has 0 radical (unpaired) electrons. The number of epoxide rings is 2. The van der Waals surface area contributed by atoms with Gasteiger partial charge in [-0.3, -0.25) is 0 Å². The van der Waals surface area contributed by atoms with Gasteiger partial charge in [0.1, 0.15) is 23.0 Å². The average molecular weight is 389 g/mol. The number of nitrogens with zero attached hydrogens (tertiary/aromatic N) is 1. The van der Waals surface area contributed by atoms with Crippen LogP contribution in [0.4, 0.5) is 5.69 Å². The smallest absolute Gasteiger partial charge is 0.127 e. The molecule has 5 heteroatoms. The summed E-state index contributed by atoms with van der Waals surface area (Å²) in [5.74, 6) is 3.16. The van der Waals surface area contributed by atoms with E-state index in [1.165, 1.54) is 0 Å². The second-order valence-corrected chi connectivity index (χ2v) is 7.30. The molecule has 0 N–H and O–H groups in total. The van der Waals surface area contributed by atoms with E-state index in [4.69, 9.17) is 18.9 Å². The molecule has 29 heavy (non-hydrogen) atoms. The molecule has 2 aliphatic heterocycles. The molecule has 5 rings (SSSR count). The molecule has 0 bridgehead atoms. The third kappa shape index (κ3) is 5.08. The Hall–Kier alpha value is -3.02. The molecule has 0 saturated carbocycles. The monoisotopic (exact) mass is 389 g/mol. The minimum absolute atomic E-state index is 0.348. The van der Waals surface area contributed by atoms with E-state index in [9.17, 15) is 0 Å². The second-order valence-electron chi connectivity index (χ2n) is 7.30. The fourth-order valence-corrected chi connectivity index (χ4v) is 3.19. The van der Waals surface area contributed by atoms with Crippen LogP contribution in [0.2, 0.25) is 0 Å². The van der Waals surface area contributed by atoms with Crippen molar-refractivity contribution in [2.75, 3.05) is 31.2 Å². The Labute approximate surface area is 170 Å². The van der Waals surface area contributed by atoms with Crippen LogP contribution in [0.3, 0.4) is 0 Å². The quantitative estimate of drug-likeness (QED) is 0.489. The summed E-state index contributed by atoms with van der Waals surface area (Å²) in [6.07, 6.45) is 0.697. The van der Waals surface area contributed by atoms with Crippen LogP contribution in [-0.4, -0.2) is 38.5 Å². The van der Waals surface area contributed by atoms with Crippen molar-refractivity contribution in [3.05, 3.63) is 78.9 Å². The van der Waals surface area contributed by atoms with Gasteiger partial charge < -0.3 is 23.8 Å². The first-order valence-electron chi connectivity index (χ1n) is 9.91. The highest BCUT2D eigenvalue weighted by Gasteiger charge is 2.30. The largest absolute Gasteiger partial charge is 0.457 e. The lowest BCUT2D eigenvalue weighted by Crippen LogP contribution is -2.31. The van der Waals surface area contributed by atoms with Gasteiger partial charge in [-0.25, -0.2) is 0 Å². The van der Waals surface area contributed by atoms with E-state index in [1.54, 1.807) is 0 Å². The average Bonchev–Trinajstić information content (AvgIpc) is 3.67. The maximum atomic E-state index is 5.98. The normalized spacial score (nSPS) is 19.4. The van der Waals surface area contributed by atoms with Crippen molar-refractivity contribution in [1.82, 2.24) is 0 Å². The number of hydrogen-bond acceptors (Lipinski definition) is 5. The van der Waals surface area contributed by atoms with Gasteiger partial charge in [0.2, 0.25) is 0 Å². The van der Waals surface area contributed by atoms with Crippen molar-refractivity contribution in [3.8, 4) is 23.0 Å².